The molecule has 1 aliphatic rings. The first-order valence-corrected chi connectivity index (χ1v) is 5.15. The molecule has 0 radical (unpaired) electrons. The number of nitrogens with zero attached hydrogens (tertiary/aromatic N) is 1. The molecule has 0 bridgehead atoms. The number of likely N-dealkylation sites (tertiary alicyclic amines) is 1. The monoisotopic (exact) mass is 210 g/mol. The van der Waals surface area contributed by atoms with Crippen molar-refractivity contribution in [1.29, 1.82) is 0 Å². The minimum absolute atomic E-state index is 0.0789. The average Bonchev–Trinajstić information content (AvgIpc) is 2.36. The zero-order valence-electron chi connectivity index (χ0n) is 9.54. The van der Waals surface area contributed by atoms with Crippen LogP contribution in [0.1, 0.15) is 13.8 Å². The first kappa shape index (κ1) is 11.9. The third kappa shape index (κ3) is 2.26. The lowest BCUT2D eigenvalue weighted by Gasteiger charge is -2.15. The molecule has 0 aliphatic carbocycles. The molecule has 1 saturated heterocycles. The first-order valence-electron chi connectivity index (χ1n) is 5.15. The number of imide groups is 1. The van der Waals surface area contributed by atoms with Crippen LogP contribution in [0.15, 0.2) is 12.2 Å². The summed E-state index contributed by atoms with van der Waals surface area (Å²) < 4.78 is 0. The highest BCUT2D eigenvalue weighted by atomic mass is 16.2. The van der Waals surface area contributed by atoms with Crippen molar-refractivity contribution in [2.75, 3.05) is 20.1 Å². The van der Waals surface area contributed by atoms with Crippen molar-refractivity contribution in [3.8, 4) is 0 Å². The lowest BCUT2D eigenvalue weighted by atomic mass is 10.00. The largest absolute Gasteiger partial charge is 0.316 e. The minimum atomic E-state index is -0.195. The van der Waals surface area contributed by atoms with E-state index in [1.807, 2.05) is 7.05 Å². The van der Waals surface area contributed by atoms with Gasteiger partial charge < -0.3 is 5.32 Å². The van der Waals surface area contributed by atoms with Gasteiger partial charge in [0.2, 0.25) is 11.8 Å². The van der Waals surface area contributed by atoms with Crippen LogP contribution in [0.2, 0.25) is 0 Å². The molecule has 0 saturated carbocycles. The van der Waals surface area contributed by atoms with E-state index in [1.165, 1.54) is 4.90 Å². The molecule has 4 heteroatoms. The maximum absolute atomic E-state index is 11.7. The van der Waals surface area contributed by atoms with Crippen LogP contribution >= 0.6 is 0 Å². The third-order valence-corrected chi connectivity index (χ3v) is 2.87. The minimum Gasteiger partial charge on any atom is -0.316 e. The van der Waals surface area contributed by atoms with E-state index < -0.39 is 0 Å². The van der Waals surface area contributed by atoms with Crippen LogP contribution < -0.4 is 5.32 Å². The summed E-state index contributed by atoms with van der Waals surface area (Å²) in [5, 5.41) is 2.94. The van der Waals surface area contributed by atoms with Crippen LogP contribution in [0, 0.1) is 11.8 Å². The second kappa shape index (κ2) is 4.57. The highest BCUT2D eigenvalue weighted by Gasteiger charge is 2.41. The van der Waals surface area contributed by atoms with E-state index in [9.17, 15) is 9.59 Å². The summed E-state index contributed by atoms with van der Waals surface area (Å²) in [4.78, 5) is 24.7. The lowest BCUT2D eigenvalue weighted by Crippen LogP contribution is -2.34. The maximum Gasteiger partial charge on any atom is 0.233 e. The van der Waals surface area contributed by atoms with Crippen LogP contribution in [0.5, 0.6) is 0 Å². The van der Waals surface area contributed by atoms with Crippen molar-refractivity contribution >= 4 is 11.8 Å². The molecule has 0 aromatic heterocycles. The Kier molecular flexibility index (Phi) is 3.63. The van der Waals surface area contributed by atoms with Gasteiger partial charge in [0.25, 0.3) is 0 Å². The summed E-state index contributed by atoms with van der Waals surface area (Å²) in [6.07, 6.45) is 0. The fourth-order valence-corrected chi connectivity index (χ4v) is 1.71. The van der Waals surface area contributed by atoms with E-state index in [4.69, 9.17) is 0 Å². The number of hydrogen-bond acceptors (Lipinski definition) is 3. The number of hydrogen-bond donors (Lipinski definition) is 1. The molecule has 1 N–H and O–H groups in total. The Labute approximate surface area is 90.3 Å². The summed E-state index contributed by atoms with van der Waals surface area (Å²) in [6.45, 7) is 8.38. The van der Waals surface area contributed by atoms with Gasteiger partial charge in [0.15, 0.2) is 0 Å². The van der Waals surface area contributed by atoms with Gasteiger partial charge in [0.1, 0.15) is 0 Å². The topological polar surface area (TPSA) is 49.4 Å². The van der Waals surface area contributed by atoms with Gasteiger partial charge in [-0.25, -0.2) is 0 Å². The molecule has 4 nitrogen and oxygen atoms in total. The third-order valence-electron chi connectivity index (χ3n) is 2.87. The number of carbonyl (C=O) groups is 2. The Morgan fingerprint density at radius 3 is 2.20 bits per heavy atom. The van der Waals surface area contributed by atoms with Gasteiger partial charge in [-0.2, -0.15) is 0 Å². The lowest BCUT2D eigenvalue weighted by molar-refractivity contribution is -0.139. The number of likely N-dealkylation sites (N-methyl/N-ethyl adjacent to an activating group) is 1. The van der Waals surface area contributed by atoms with E-state index in [-0.39, 0.29) is 23.7 Å². The summed E-state index contributed by atoms with van der Waals surface area (Å²) in [6, 6.07) is 0. The van der Waals surface area contributed by atoms with Crippen molar-refractivity contribution in [2.24, 2.45) is 11.8 Å². The van der Waals surface area contributed by atoms with E-state index in [0.717, 1.165) is 5.57 Å². The molecule has 0 spiro atoms. The molecule has 15 heavy (non-hydrogen) atoms. The molecule has 2 amide bonds. The molecule has 2 unspecified atom stereocenters. The second-order valence-corrected chi connectivity index (χ2v) is 4.12. The first-order chi connectivity index (χ1) is 6.99. The molecule has 84 valence electrons. The Balaban J connectivity index is 2.67. The van der Waals surface area contributed by atoms with Crippen LogP contribution in [-0.4, -0.2) is 36.9 Å². The van der Waals surface area contributed by atoms with Gasteiger partial charge in [0, 0.05) is 18.4 Å². The number of nitrogens with one attached hydrogen (secondary N) is 1. The Morgan fingerprint density at radius 1 is 1.33 bits per heavy atom. The van der Waals surface area contributed by atoms with Gasteiger partial charge >= 0.3 is 0 Å². The zero-order valence-corrected chi connectivity index (χ0v) is 9.54. The zero-order chi connectivity index (χ0) is 11.6. The molecule has 1 rings (SSSR count). The van der Waals surface area contributed by atoms with Crippen molar-refractivity contribution in [1.82, 2.24) is 10.2 Å². The smallest absolute Gasteiger partial charge is 0.233 e. The van der Waals surface area contributed by atoms with Crippen LogP contribution in [-0.2, 0) is 9.59 Å². The van der Waals surface area contributed by atoms with E-state index in [0.29, 0.717) is 13.1 Å². The van der Waals surface area contributed by atoms with Crippen molar-refractivity contribution in [3.05, 3.63) is 12.2 Å². The van der Waals surface area contributed by atoms with Gasteiger partial charge in [-0.15, -0.1) is 0 Å². The normalized spacial score (nSPS) is 26.2. The van der Waals surface area contributed by atoms with Gasteiger partial charge in [-0.3, -0.25) is 14.5 Å². The average molecular weight is 210 g/mol. The fraction of sp³-hybridized carbons (Fsp3) is 0.636. The molecule has 1 fully saturated rings. The molecule has 1 heterocycles. The predicted molar refractivity (Wildman–Crippen MR) is 58.1 cm³/mol. The summed E-state index contributed by atoms with van der Waals surface area (Å²) in [7, 11) is 1.81. The van der Waals surface area contributed by atoms with E-state index in [1.54, 1.807) is 13.8 Å². The molecule has 0 aromatic carbocycles. The fourth-order valence-electron chi connectivity index (χ4n) is 1.71. The van der Waals surface area contributed by atoms with Crippen molar-refractivity contribution in [3.63, 3.8) is 0 Å². The van der Waals surface area contributed by atoms with Gasteiger partial charge in [-0.05, 0) is 12.6 Å². The van der Waals surface area contributed by atoms with Gasteiger partial charge in [-0.1, -0.05) is 20.4 Å². The molecule has 0 aromatic rings. The second-order valence-electron chi connectivity index (χ2n) is 4.12. The van der Waals surface area contributed by atoms with Crippen LogP contribution in [0.25, 0.3) is 0 Å². The summed E-state index contributed by atoms with van der Waals surface area (Å²) >= 11 is 0. The number of rotatable bonds is 4. The number of carbonyl (C=O) groups excluding carboxylic acids is 2. The maximum atomic E-state index is 11.7. The van der Waals surface area contributed by atoms with Crippen LogP contribution in [0.4, 0.5) is 0 Å². The Morgan fingerprint density at radius 2 is 1.80 bits per heavy atom. The predicted octanol–water partition coefficient (Wildman–Crippen LogP) is 0.403. The molecular weight excluding hydrogens is 192 g/mol. The highest BCUT2D eigenvalue weighted by molar-refractivity contribution is 6.04. The highest BCUT2D eigenvalue weighted by Crippen LogP contribution is 2.25. The molecular formula is C11H18N2O2. The van der Waals surface area contributed by atoms with Gasteiger partial charge in [0.05, 0.1) is 6.54 Å². The molecule has 1 aliphatic heterocycles. The van der Waals surface area contributed by atoms with E-state index >= 15 is 0 Å². The summed E-state index contributed by atoms with van der Waals surface area (Å²) in [5.41, 5.74) is 0.848. The Bertz CT molecular complexity index is 279. The standard InChI is InChI=1S/C11H18N2O2/c1-7(5-12-4)6-13-10(14)8(2)9(3)11(13)15/h8-9,12H,1,5-6H2,2-4H3. The summed E-state index contributed by atoms with van der Waals surface area (Å²) in [5.74, 6) is -0.547. The van der Waals surface area contributed by atoms with Crippen molar-refractivity contribution in [2.45, 2.75) is 13.8 Å². The quantitative estimate of drug-likeness (QED) is 0.540. The van der Waals surface area contributed by atoms with Crippen LogP contribution in [0.3, 0.4) is 0 Å². The van der Waals surface area contributed by atoms with Crippen molar-refractivity contribution < 1.29 is 9.59 Å². The SMILES string of the molecule is C=C(CNC)CN1C(=O)C(C)C(C)C1=O. The Hall–Kier alpha value is -1.16. The molecule has 2 atom stereocenters. The number of amides is 2. The van der Waals surface area contributed by atoms with E-state index in [2.05, 4.69) is 11.9 Å².